The number of nitrogen functional groups attached to an aromatic ring is 1. The molecule has 1 aliphatic rings. The van der Waals surface area contributed by atoms with Gasteiger partial charge in [-0.15, -0.1) is 0 Å². The Morgan fingerprint density at radius 3 is 2.29 bits per heavy atom. The van der Waals surface area contributed by atoms with E-state index in [-0.39, 0.29) is 11.9 Å². The average Bonchev–Trinajstić information content (AvgIpc) is 2.87. The number of anilines is 1. The highest BCUT2D eigenvalue weighted by molar-refractivity contribution is 5.81. The van der Waals surface area contributed by atoms with E-state index < -0.39 is 12.2 Å². The Hall–Kier alpha value is -2.61. The number of nitrogens with two attached hydrogens (primary N) is 1. The highest BCUT2D eigenvalue weighted by atomic mass is 16.5. The molecule has 4 N–H and O–H groups in total. The highest BCUT2D eigenvalue weighted by Crippen LogP contribution is 2.34. The molecule has 2 aromatic carbocycles. The molecule has 2 atom stereocenters. The van der Waals surface area contributed by atoms with Crippen LogP contribution in [0.15, 0.2) is 30.3 Å². The maximum absolute atomic E-state index is 12.8. The minimum absolute atomic E-state index is 0.0902. The third-order valence-corrected chi connectivity index (χ3v) is 7.22. The summed E-state index contributed by atoms with van der Waals surface area (Å²) in [5.41, 5.74) is 11.8. The molecule has 1 fully saturated rings. The van der Waals surface area contributed by atoms with Gasteiger partial charge in [0.2, 0.25) is 0 Å². The second kappa shape index (κ2) is 12.4. The molecule has 192 valence electrons. The van der Waals surface area contributed by atoms with Crippen LogP contribution in [0.5, 0.6) is 5.75 Å². The van der Waals surface area contributed by atoms with Crippen molar-refractivity contribution in [3.63, 3.8) is 0 Å². The first kappa shape index (κ1) is 27.0. The van der Waals surface area contributed by atoms with E-state index in [1.165, 1.54) is 0 Å². The van der Waals surface area contributed by atoms with E-state index in [1.54, 1.807) is 6.92 Å². The molecule has 1 amide bonds. The first-order valence-corrected chi connectivity index (χ1v) is 12.5. The standard InChI is InChI=1S/C28H41N3O4/c1-18-20(3)27(21(4)19(2)26(18)29)35-22(5)28(33)30-24-11-13-31(14-12-24)15-16-34-17-25(32)23-9-7-6-8-10-23/h6-10,22,24-25,32H,11-17,29H2,1-5H3,(H,30,33). The maximum Gasteiger partial charge on any atom is 0.260 e. The lowest BCUT2D eigenvalue weighted by Gasteiger charge is -2.33. The van der Waals surface area contributed by atoms with Crippen LogP contribution in [0.3, 0.4) is 0 Å². The molecule has 0 saturated carbocycles. The number of rotatable bonds is 10. The summed E-state index contributed by atoms with van der Waals surface area (Å²) in [4.78, 5) is 15.2. The highest BCUT2D eigenvalue weighted by Gasteiger charge is 2.25. The van der Waals surface area contributed by atoms with E-state index in [4.69, 9.17) is 15.2 Å². The number of piperidine rings is 1. The number of nitrogens with zero attached hydrogens (tertiary/aromatic N) is 1. The van der Waals surface area contributed by atoms with Crippen molar-refractivity contribution < 1.29 is 19.4 Å². The van der Waals surface area contributed by atoms with Gasteiger partial charge in [0, 0.05) is 31.4 Å². The second-order valence-electron chi connectivity index (χ2n) is 9.63. The Bertz CT molecular complexity index is 958. The van der Waals surface area contributed by atoms with Gasteiger partial charge in [-0.3, -0.25) is 4.79 Å². The van der Waals surface area contributed by atoms with Crippen molar-refractivity contribution >= 4 is 11.6 Å². The quantitative estimate of drug-likeness (QED) is 0.353. The molecular formula is C28H41N3O4. The van der Waals surface area contributed by atoms with Crippen LogP contribution in [0.4, 0.5) is 5.69 Å². The van der Waals surface area contributed by atoms with Crippen LogP contribution in [0.2, 0.25) is 0 Å². The van der Waals surface area contributed by atoms with Gasteiger partial charge in [0.1, 0.15) is 11.9 Å². The van der Waals surface area contributed by atoms with Gasteiger partial charge in [-0.05, 0) is 75.3 Å². The summed E-state index contributed by atoms with van der Waals surface area (Å²) in [6.45, 7) is 13.2. The molecule has 0 aromatic heterocycles. The molecule has 1 heterocycles. The molecule has 1 aliphatic heterocycles. The minimum Gasteiger partial charge on any atom is -0.480 e. The fourth-order valence-corrected chi connectivity index (χ4v) is 4.49. The van der Waals surface area contributed by atoms with Crippen molar-refractivity contribution in [2.45, 2.75) is 65.7 Å². The molecule has 7 nitrogen and oxygen atoms in total. The molecule has 2 aromatic rings. The second-order valence-corrected chi connectivity index (χ2v) is 9.63. The summed E-state index contributed by atoms with van der Waals surface area (Å²) in [6, 6.07) is 9.70. The van der Waals surface area contributed by atoms with Crippen LogP contribution in [0, 0.1) is 27.7 Å². The molecular weight excluding hydrogens is 442 g/mol. The number of aliphatic hydroxyl groups excluding tert-OH is 1. The summed E-state index contributed by atoms with van der Waals surface area (Å²) in [6.07, 6.45) is 0.597. The lowest BCUT2D eigenvalue weighted by atomic mass is 9.97. The summed E-state index contributed by atoms with van der Waals surface area (Å²) in [7, 11) is 0. The fraction of sp³-hybridized carbons (Fsp3) is 0.536. The number of carbonyl (C=O) groups is 1. The van der Waals surface area contributed by atoms with Crippen LogP contribution in [-0.2, 0) is 9.53 Å². The number of nitrogens with one attached hydrogen (secondary N) is 1. The van der Waals surface area contributed by atoms with Crippen molar-refractivity contribution in [3.05, 3.63) is 58.1 Å². The summed E-state index contributed by atoms with van der Waals surface area (Å²) in [5, 5.41) is 13.3. The number of amides is 1. The van der Waals surface area contributed by atoms with Crippen molar-refractivity contribution in [1.82, 2.24) is 10.2 Å². The van der Waals surface area contributed by atoms with E-state index >= 15 is 0 Å². The van der Waals surface area contributed by atoms with Gasteiger partial charge in [-0.1, -0.05) is 30.3 Å². The molecule has 2 unspecified atom stereocenters. The van der Waals surface area contributed by atoms with E-state index in [1.807, 2.05) is 58.0 Å². The smallest absolute Gasteiger partial charge is 0.260 e. The largest absolute Gasteiger partial charge is 0.480 e. The monoisotopic (exact) mass is 483 g/mol. The van der Waals surface area contributed by atoms with Crippen LogP contribution in [0.25, 0.3) is 0 Å². The number of hydrogen-bond acceptors (Lipinski definition) is 6. The lowest BCUT2D eigenvalue weighted by molar-refractivity contribution is -0.128. The first-order chi connectivity index (χ1) is 16.7. The number of likely N-dealkylation sites (tertiary alicyclic amines) is 1. The van der Waals surface area contributed by atoms with Crippen molar-refractivity contribution in [2.75, 3.05) is 38.6 Å². The molecule has 7 heteroatoms. The number of benzene rings is 2. The SMILES string of the molecule is Cc1c(C)c(OC(C)C(=O)NC2CCN(CCOCC(O)c3ccccc3)CC2)c(C)c(C)c1N. The van der Waals surface area contributed by atoms with Gasteiger partial charge in [0.25, 0.3) is 5.91 Å². The molecule has 3 rings (SSSR count). The van der Waals surface area contributed by atoms with Crippen molar-refractivity contribution in [3.8, 4) is 5.75 Å². The molecule has 0 bridgehead atoms. The number of hydrogen-bond donors (Lipinski definition) is 3. The molecule has 1 saturated heterocycles. The average molecular weight is 484 g/mol. The van der Waals surface area contributed by atoms with E-state index in [2.05, 4.69) is 10.2 Å². The Kier molecular flexibility index (Phi) is 9.55. The zero-order valence-electron chi connectivity index (χ0n) is 21.8. The van der Waals surface area contributed by atoms with Crippen LogP contribution in [-0.4, -0.2) is 60.9 Å². The number of carbonyl (C=O) groups excluding carboxylic acids is 1. The normalized spacial score (nSPS) is 16.6. The third kappa shape index (κ3) is 6.97. The molecule has 0 radical (unpaired) electrons. The van der Waals surface area contributed by atoms with Crippen LogP contribution < -0.4 is 15.8 Å². The Balaban J connectivity index is 1.38. The number of ether oxygens (including phenoxy) is 2. The Morgan fingerprint density at radius 2 is 1.69 bits per heavy atom. The molecule has 35 heavy (non-hydrogen) atoms. The molecule has 0 spiro atoms. The summed E-state index contributed by atoms with van der Waals surface area (Å²) >= 11 is 0. The van der Waals surface area contributed by atoms with Gasteiger partial charge >= 0.3 is 0 Å². The van der Waals surface area contributed by atoms with Gasteiger partial charge < -0.3 is 30.5 Å². The predicted octanol–water partition coefficient (Wildman–Crippen LogP) is 3.60. The van der Waals surface area contributed by atoms with Crippen molar-refractivity contribution in [2.24, 2.45) is 0 Å². The number of aliphatic hydroxyl groups is 1. The van der Waals surface area contributed by atoms with Crippen LogP contribution >= 0.6 is 0 Å². The van der Waals surface area contributed by atoms with Gasteiger partial charge in [-0.2, -0.15) is 0 Å². The third-order valence-electron chi connectivity index (χ3n) is 7.22. The zero-order valence-corrected chi connectivity index (χ0v) is 21.8. The first-order valence-electron chi connectivity index (χ1n) is 12.5. The van der Waals surface area contributed by atoms with Gasteiger partial charge in [0.05, 0.1) is 13.2 Å². The van der Waals surface area contributed by atoms with Gasteiger partial charge in [-0.25, -0.2) is 0 Å². The van der Waals surface area contributed by atoms with Crippen molar-refractivity contribution in [1.29, 1.82) is 0 Å². The maximum atomic E-state index is 12.8. The van der Waals surface area contributed by atoms with E-state index in [0.29, 0.717) is 13.2 Å². The molecule has 0 aliphatic carbocycles. The van der Waals surface area contributed by atoms with E-state index in [0.717, 1.165) is 71.7 Å². The van der Waals surface area contributed by atoms with E-state index in [9.17, 15) is 9.90 Å². The van der Waals surface area contributed by atoms with Crippen LogP contribution in [0.1, 0.15) is 53.7 Å². The Labute approximate surface area is 209 Å². The predicted molar refractivity (Wildman–Crippen MR) is 140 cm³/mol. The van der Waals surface area contributed by atoms with Gasteiger partial charge in [0.15, 0.2) is 6.10 Å². The summed E-state index contributed by atoms with van der Waals surface area (Å²) in [5.74, 6) is 0.664. The lowest BCUT2D eigenvalue weighted by Crippen LogP contribution is -2.48. The fourth-order valence-electron chi connectivity index (χ4n) is 4.49. The topological polar surface area (TPSA) is 97.0 Å². The minimum atomic E-state index is -0.602. The summed E-state index contributed by atoms with van der Waals surface area (Å²) < 4.78 is 11.8. The Morgan fingerprint density at radius 1 is 1.09 bits per heavy atom. The zero-order chi connectivity index (χ0) is 25.5.